The van der Waals surface area contributed by atoms with Gasteiger partial charge in [-0.05, 0) is 74.6 Å². The smallest absolute Gasteiger partial charge is 0.178 e. The van der Waals surface area contributed by atoms with Crippen molar-refractivity contribution in [2.24, 2.45) is 0 Å². The Hall–Kier alpha value is -2.27. The molecule has 0 amide bonds. The topological polar surface area (TPSA) is 20.7 Å². The van der Waals surface area contributed by atoms with Gasteiger partial charge < -0.3 is 9.55 Å². The number of rotatable bonds is 3. The molecule has 0 aliphatic rings. The lowest BCUT2D eigenvalue weighted by atomic mass is 10.0. The molecule has 0 radical (unpaired) electrons. The third-order valence-electron chi connectivity index (χ3n) is 3.70. The standard InChI is InChI=1S/C18H16F2N2S/c1-11(2)22-17(13-5-9-15(20)10-6-13)16(21-18(22)23)12-3-7-14(19)8-4-12/h3-11H,1-2H3,(H,21,23). The third-order valence-corrected chi connectivity index (χ3v) is 3.99. The molecule has 2 aromatic carbocycles. The summed E-state index contributed by atoms with van der Waals surface area (Å²) < 4.78 is 29.0. The summed E-state index contributed by atoms with van der Waals surface area (Å²) in [7, 11) is 0. The molecule has 5 heteroatoms. The van der Waals surface area contributed by atoms with Crippen LogP contribution in [0, 0.1) is 16.4 Å². The molecule has 0 atom stereocenters. The third kappa shape index (κ3) is 2.97. The van der Waals surface area contributed by atoms with E-state index in [1.165, 1.54) is 24.3 Å². The number of hydrogen-bond acceptors (Lipinski definition) is 1. The summed E-state index contributed by atoms with van der Waals surface area (Å²) in [6.45, 7) is 4.07. The first-order valence-corrected chi connectivity index (χ1v) is 7.74. The highest BCUT2D eigenvalue weighted by Crippen LogP contribution is 2.34. The number of halogens is 2. The van der Waals surface area contributed by atoms with E-state index in [9.17, 15) is 8.78 Å². The molecule has 1 aromatic heterocycles. The van der Waals surface area contributed by atoms with Crippen molar-refractivity contribution in [3.8, 4) is 22.5 Å². The monoisotopic (exact) mass is 330 g/mol. The van der Waals surface area contributed by atoms with Crippen molar-refractivity contribution in [3.63, 3.8) is 0 Å². The minimum absolute atomic E-state index is 0.132. The Morgan fingerprint density at radius 2 is 1.35 bits per heavy atom. The maximum absolute atomic E-state index is 13.3. The molecule has 3 aromatic rings. The first kappa shape index (κ1) is 15.6. The molecule has 23 heavy (non-hydrogen) atoms. The van der Waals surface area contributed by atoms with Crippen molar-refractivity contribution in [1.29, 1.82) is 0 Å². The predicted molar refractivity (Wildman–Crippen MR) is 90.8 cm³/mol. The average molecular weight is 330 g/mol. The first-order chi connectivity index (χ1) is 11.0. The molecule has 0 aliphatic heterocycles. The van der Waals surface area contributed by atoms with Gasteiger partial charge in [-0.25, -0.2) is 8.78 Å². The van der Waals surface area contributed by atoms with E-state index < -0.39 is 0 Å². The van der Waals surface area contributed by atoms with Crippen LogP contribution < -0.4 is 0 Å². The van der Waals surface area contributed by atoms with Gasteiger partial charge in [0.25, 0.3) is 0 Å². The maximum Gasteiger partial charge on any atom is 0.178 e. The predicted octanol–water partition coefficient (Wildman–Crippen LogP) is 5.74. The highest BCUT2D eigenvalue weighted by molar-refractivity contribution is 7.71. The summed E-state index contributed by atoms with van der Waals surface area (Å²) in [4.78, 5) is 3.21. The number of hydrogen-bond donors (Lipinski definition) is 1. The summed E-state index contributed by atoms with van der Waals surface area (Å²) in [6.07, 6.45) is 0. The quantitative estimate of drug-likeness (QED) is 0.607. The van der Waals surface area contributed by atoms with Gasteiger partial charge in [-0.15, -0.1) is 0 Å². The molecule has 0 fully saturated rings. The average Bonchev–Trinajstić information content (AvgIpc) is 2.86. The molecule has 118 valence electrons. The molecular weight excluding hydrogens is 314 g/mol. The van der Waals surface area contributed by atoms with Gasteiger partial charge in [-0.1, -0.05) is 0 Å². The zero-order chi connectivity index (χ0) is 16.6. The van der Waals surface area contributed by atoms with E-state index >= 15 is 0 Å². The van der Waals surface area contributed by atoms with Crippen molar-refractivity contribution >= 4 is 12.2 Å². The number of H-pyrrole nitrogens is 1. The summed E-state index contributed by atoms with van der Waals surface area (Å²) in [5.74, 6) is -0.582. The van der Waals surface area contributed by atoms with Crippen LogP contribution in [0.5, 0.6) is 0 Å². The number of aromatic amines is 1. The van der Waals surface area contributed by atoms with Crippen molar-refractivity contribution in [3.05, 3.63) is 64.9 Å². The molecule has 0 saturated carbocycles. The number of imidazole rings is 1. The van der Waals surface area contributed by atoms with E-state index in [2.05, 4.69) is 4.98 Å². The summed E-state index contributed by atoms with van der Waals surface area (Å²) in [6, 6.07) is 12.6. The highest BCUT2D eigenvalue weighted by Gasteiger charge is 2.17. The van der Waals surface area contributed by atoms with Crippen LogP contribution in [0.4, 0.5) is 8.78 Å². The fourth-order valence-corrected chi connectivity index (χ4v) is 3.06. The second kappa shape index (κ2) is 6.08. The van der Waals surface area contributed by atoms with Crippen LogP contribution in [0.1, 0.15) is 19.9 Å². The molecule has 3 rings (SSSR count). The van der Waals surface area contributed by atoms with Crippen molar-refractivity contribution in [2.75, 3.05) is 0 Å². The molecule has 1 N–H and O–H groups in total. The van der Waals surface area contributed by atoms with E-state index in [0.717, 1.165) is 22.5 Å². The van der Waals surface area contributed by atoms with E-state index in [1.54, 1.807) is 24.3 Å². The molecule has 0 bridgehead atoms. The summed E-state index contributed by atoms with van der Waals surface area (Å²) in [5, 5.41) is 0. The summed E-state index contributed by atoms with van der Waals surface area (Å²) >= 11 is 5.45. The number of nitrogens with zero attached hydrogens (tertiary/aromatic N) is 1. The molecule has 2 nitrogen and oxygen atoms in total. The van der Waals surface area contributed by atoms with Crippen molar-refractivity contribution in [1.82, 2.24) is 9.55 Å². The Morgan fingerprint density at radius 3 is 1.83 bits per heavy atom. The van der Waals surface area contributed by atoms with Crippen LogP contribution in [0.3, 0.4) is 0 Å². The SMILES string of the molecule is CC(C)n1c(-c2ccc(F)cc2)c(-c2ccc(F)cc2)[nH]c1=S. The Bertz CT molecular complexity index is 875. The van der Waals surface area contributed by atoms with Crippen LogP contribution >= 0.6 is 12.2 Å². The van der Waals surface area contributed by atoms with E-state index in [1.807, 2.05) is 18.4 Å². The Labute approximate surface area is 138 Å². The fraction of sp³-hybridized carbons (Fsp3) is 0.167. The second-order valence-electron chi connectivity index (χ2n) is 5.63. The summed E-state index contributed by atoms with van der Waals surface area (Å²) in [5.41, 5.74) is 3.36. The van der Waals surface area contributed by atoms with Crippen molar-refractivity contribution in [2.45, 2.75) is 19.9 Å². The minimum Gasteiger partial charge on any atom is -0.330 e. The highest BCUT2D eigenvalue weighted by atomic mass is 32.1. The van der Waals surface area contributed by atoms with Gasteiger partial charge in [-0.3, -0.25) is 0 Å². The lowest BCUT2D eigenvalue weighted by molar-refractivity contribution is 0.597. The van der Waals surface area contributed by atoms with Gasteiger partial charge in [0.1, 0.15) is 11.6 Å². The normalized spacial score (nSPS) is 11.2. The lowest BCUT2D eigenvalue weighted by Crippen LogP contribution is -2.03. The molecule has 1 heterocycles. The largest absolute Gasteiger partial charge is 0.330 e. The van der Waals surface area contributed by atoms with Crippen LogP contribution in [-0.2, 0) is 0 Å². The van der Waals surface area contributed by atoms with Gasteiger partial charge >= 0.3 is 0 Å². The van der Waals surface area contributed by atoms with Crippen molar-refractivity contribution < 1.29 is 8.78 Å². The van der Waals surface area contributed by atoms with E-state index in [-0.39, 0.29) is 17.7 Å². The molecular formula is C18H16F2N2S. The van der Waals surface area contributed by atoms with Gasteiger partial charge in [-0.2, -0.15) is 0 Å². The van der Waals surface area contributed by atoms with E-state index in [0.29, 0.717) is 4.77 Å². The van der Waals surface area contributed by atoms with Gasteiger partial charge in [0, 0.05) is 17.2 Å². The molecule has 0 saturated heterocycles. The second-order valence-corrected chi connectivity index (χ2v) is 6.02. The number of aromatic nitrogens is 2. The zero-order valence-corrected chi connectivity index (χ0v) is 13.6. The number of benzene rings is 2. The van der Waals surface area contributed by atoms with E-state index in [4.69, 9.17) is 12.2 Å². The lowest BCUT2D eigenvalue weighted by Gasteiger charge is -2.14. The van der Waals surface area contributed by atoms with Crippen LogP contribution in [0.15, 0.2) is 48.5 Å². The molecule has 0 spiro atoms. The zero-order valence-electron chi connectivity index (χ0n) is 12.8. The van der Waals surface area contributed by atoms with Gasteiger partial charge in [0.15, 0.2) is 4.77 Å². The first-order valence-electron chi connectivity index (χ1n) is 7.33. The minimum atomic E-state index is -0.293. The number of nitrogens with one attached hydrogen (secondary N) is 1. The molecule has 0 unspecified atom stereocenters. The van der Waals surface area contributed by atoms with Gasteiger partial charge in [0.05, 0.1) is 11.4 Å². The molecule has 0 aliphatic carbocycles. The van der Waals surface area contributed by atoms with Gasteiger partial charge in [0.2, 0.25) is 0 Å². The van der Waals surface area contributed by atoms with Crippen LogP contribution in [0.2, 0.25) is 0 Å². The van der Waals surface area contributed by atoms with Crippen LogP contribution in [0.25, 0.3) is 22.5 Å². The Balaban J connectivity index is 2.28. The maximum atomic E-state index is 13.3. The Kier molecular flexibility index (Phi) is 4.13. The fourth-order valence-electron chi connectivity index (χ4n) is 2.66. The Morgan fingerprint density at radius 1 is 0.870 bits per heavy atom. The van der Waals surface area contributed by atoms with Crippen LogP contribution in [-0.4, -0.2) is 9.55 Å².